The van der Waals surface area contributed by atoms with Crippen LogP contribution in [0.5, 0.6) is 0 Å². The van der Waals surface area contributed by atoms with Gasteiger partial charge in [0.1, 0.15) is 6.04 Å². The van der Waals surface area contributed by atoms with Crippen molar-refractivity contribution in [3.05, 3.63) is 35.4 Å². The highest BCUT2D eigenvalue weighted by Gasteiger charge is 2.43. The van der Waals surface area contributed by atoms with Crippen molar-refractivity contribution in [1.82, 2.24) is 4.90 Å². The molecule has 1 atom stereocenters. The lowest BCUT2D eigenvalue weighted by Crippen LogP contribution is -2.53. The Balaban J connectivity index is 1.48. The molecule has 1 aromatic rings. The summed E-state index contributed by atoms with van der Waals surface area (Å²) in [5, 5.41) is 0. The van der Waals surface area contributed by atoms with Crippen LogP contribution < -0.4 is 0 Å². The van der Waals surface area contributed by atoms with Gasteiger partial charge in [-0.05, 0) is 63.9 Å². The molecule has 5 nitrogen and oxygen atoms in total. The highest BCUT2D eigenvalue weighted by atomic mass is 16.5. The van der Waals surface area contributed by atoms with Gasteiger partial charge in [0.05, 0.1) is 6.61 Å². The number of unbranched alkanes of at least 4 members (excludes halogenated alkanes) is 1. The Hall–Kier alpha value is -2.17. The highest BCUT2D eigenvalue weighted by Crippen LogP contribution is 2.37. The normalized spacial score (nSPS) is 20.8. The smallest absolute Gasteiger partial charge is 0.328 e. The molecule has 0 radical (unpaired) electrons. The van der Waals surface area contributed by atoms with E-state index in [0.717, 1.165) is 64.2 Å². The summed E-state index contributed by atoms with van der Waals surface area (Å²) in [7, 11) is 0. The van der Waals surface area contributed by atoms with Crippen LogP contribution in [0.25, 0.3) is 0 Å². The number of amides is 1. The number of aryl methyl sites for hydroxylation is 2. The molecule has 1 heterocycles. The van der Waals surface area contributed by atoms with E-state index in [0.29, 0.717) is 19.6 Å². The molecule has 170 valence electrons. The third-order valence-corrected chi connectivity index (χ3v) is 6.96. The van der Waals surface area contributed by atoms with Crippen molar-refractivity contribution >= 4 is 17.7 Å². The van der Waals surface area contributed by atoms with Crippen LogP contribution in [-0.2, 0) is 25.5 Å². The molecular weight excluding hydrogens is 390 g/mol. The molecule has 2 fully saturated rings. The van der Waals surface area contributed by atoms with E-state index in [9.17, 15) is 14.4 Å². The van der Waals surface area contributed by atoms with Crippen LogP contribution in [0.3, 0.4) is 0 Å². The van der Waals surface area contributed by atoms with Crippen molar-refractivity contribution in [2.75, 3.05) is 13.2 Å². The summed E-state index contributed by atoms with van der Waals surface area (Å²) in [6, 6.07) is 7.88. The summed E-state index contributed by atoms with van der Waals surface area (Å²) in [6.45, 7) is 4.81. The summed E-state index contributed by atoms with van der Waals surface area (Å²) in [4.78, 5) is 40.3. The first-order chi connectivity index (χ1) is 14.9. The molecule has 5 heteroatoms. The lowest BCUT2D eigenvalue weighted by atomic mass is 9.72. The average molecular weight is 428 g/mol. The predicted molar refractivity (Wildman–Crippen MR) is 121 cm³/mol. The van der Waals surface area contributed by atoms with Crippen molar-refractivity contribution in [2.45, 2.75) is 90.5 Å². The second-order valence-corrected chi connectivity index (χ2v) is 9.57. The molecule has 0 spiro atoms. The van der Waals surface area contributed by atoms with Gasteiger partial charge in [-0.2, -0.15) is 0 Å². The number of ketones is 1. The molecule has 1 saturated heterocycles. The SMILES string of the molecule is Cc1ccc(CCCCOC(=O)C2CCCCN2C(=O)C(=O)C2(C)CCCCC2)cc1. The van der Waals surface area contributed by atoms with Gasteiger partial charge in [0.25, 0.3) is 5.91 Å². The Labute approximate surface area is 186 Å². The van der Waals surface area contributed by atoms with Crippen LogP contribution in [0, 0.1) is 12.3 Å². The molecule has 2 aliphatic rings. The molecule has 0 aromatic heterocycles. The zero-order valence-electron chi connectivity index (χ0n) is 19.2. The van der Waals surface area contributed by atoms with Crippen LogP contribution in [0.4, 0.5) is 0 Å². The Morgan fingerprint density at radius 2 is 1.71 bits per heavy atom. The van der Waals surface area contributed by atoms with Gasteiger partial charge in [0, 0.05) is 12.0 Å². The van der Waals surface area contributed by atoms with Gasteiger partial charge < -0.3 is 9.64 Å². The molecule has 1 saturated carbocycles. The van der Waals surface area contributed by atoms with E-state index in [1.165, 1.54) is 16.0 Å². The average Bonchev–Trinajstić information content (AvgIpc) is 2.79. The van der Waals surface area contributed by atoms with E-state index in [-0.39, 0.29) is 11.8 Å². The van der Waals surface area contributed by atoms with E-state index < -0.39 is 17.4 Å². The Kier molecular flexibility index (Phi) is 8.28. The zero-order chi connectivity index (χ0) is 22.3. The molecule has 1 aromatic carbocycles. The van der Waals surface area contributed by atoms with Gasteiger partial charge in [0.2, 0.25) is 5.78 Å². The molecule has 1 aliphatic carbocycles. The molecule has 31 heavy (non-hydrogen) atoms. The van der Waals surface area contributed by atoms with E-state index in [4.69, 9.17) is 4.74 Å². The van der Waals surface area contributed by atoms with Crippen LogP contribution in [0.1, 0.15) is 82.3 Å². The largest absolute Gasteiger partial charge is 0.464 e. The Morgan fingerprint density at radius 1 is 1.00 bits per heavy atom. The summed E-state index contributed by atoms with van der Waals surface area (Å²) >= 11 is 0. The number of likely N-dealkylation sites (tertiary alicyclic amines) is 1. The number of benzene rings is 1. The van der Waals surface area contributed by atoms with Crippen LogP contribution in [0.15, 0.2) is 24.3 Å². The number of piperidine rings is 1. The Bertz CT molecular complexity index is 764. The van der Waals surface area contributed by atoms with Gasteiger partial charge in [0.15, 0.2) is 0 Å². The third kappa shape index (κ3) is 6.18. The van der Waals surface area contributed by atoms with Crippen molar-refractivity contribution in [2.24, 2.45) is 5.41 Å². The summed E-state index contributed by atoms with van der Waals surface area (Å²) in [6.07, 6.45) is 9.61. The van der Waals surface area contributed by atoms with E-state index in [2.05, 4.69) is 31.2 Å². The number of hydrogen-bond donors (Lipinski definition) is 0. The fourth-order valence-electron chi connectivity index (χ4n) is 4.82. The molecule has 1 unspecified atom stereocenters. The van der Waals surface area contributed by atoms with Gasteiger partial charge in [-0.25, -0.2) is 4.79 Å². The summed E-state index contributed by atoms with van der Waals surface area (Å²) < 4.78 is 5.53. The molecule has 1 amide bonds. The van der Waals surface area contributed by atoms with E-state index in [1.54, 1.807) is 0 Å². The first-order valence-corrected chi connectivity index (χ1v) is 12.0. The minimum atomic E-state index is -0.616. The van der Waals surface area contributed by atoms with Crippen LogP contribution in [-0.4, -0.2) is 41.8 Å². The quantitative estimate of drug-likeness (QED) is 0.340. The fourth-order valence-corrected chi connectivity index (χ4v) is 4.82. The number of ether oxygens (including phenoxy) is 1. The number of carbonyl (C=O) groups is 3. The van der Waals surface area contributed by atoms with Gasteiger partial charge in [-0.3, -0.25) is 9.59 Å². The third-order valence-electron chi connectivity index (χ3n) is 6.96. The fraction of sp³-hybridized carbons (Fsp3) is 0.654. The number of hydrogen-bond acceptors (Lipinski definition) is 4. The minimum absolute atomic E-state index is 0.315. The molecular formula is C26H37NO4. The van der Waals surface area contributed by atoms with Crippen LogP contribution in [0.2, 0.25) is 0 Å². The molecule has 1 aliphatic heterocycles. The van der Waals surface area contributed by atoms with Crippen molar-refractivity contribution in [3.8, 4) is 0 Å². The van der Waals surface area contributed by atoms with Crippen molar-refractivity contribution < 1.29 is 19.1 Å². The lowest BCUT2D eigenvalue weighted by Gasteiger charge is -2.37. The number of rotatable bonds is 8. The minimum Gasteiger partial charge on any atom is -0.464 e. The second kappa shape index (κ2) is 10.9. The van der Waals surface area contributed by atoms with E-state index in [1.807, 2.05) is 6.92 Å². The number of esters is 1. The maximum absolute atomic E-state index is 13.0. The van der Waals surface area contributed by atoms with Gasteiger partial charge in [-0.1, -0.05) is 56.0 Å². The van der Waals surface area contributed by atoms with Crippen molar-refractivity contribution in [3.63, 3.8) is 0 Å². The maximum atomic E-state index is 13.0. The first-order valence-electron chi connectivity index (χ1n) is 12.0. The number of nitrogens with zero attached hydrogens (tertiary/aromatic N) is 1. The van der Waals surface area contributed by atoms with Crippen LogP contribution >= 0.6 is 0 Å². The first kappa shape index (κ1) is 23.5. The number of carbonyl (C=O) groups excluding carboxylic acids is 3. The summed E-state index contributed by atoms with van der Waals surface area (Å²) in [5.74, 6) is -1.15. The topological polar surface area (TPSA) is 63.7 Å². The summed E-state index contributed by atoms with van der Waals surface area (Å²) in [5.41, 5.74) is 1.97. The monoisotopic (exact) mass is 427 g/mol. The Morgan fingerprint density at radius 3 is 2.42 bits per heavy atom. The lowest BCUT2D eigenvalue weighted by molar-refractivity contribution is -0.161. The van der Waals surface area contributed by atoms with Gasteiger partial charge in [-0.15, -0.1) is 0 Å². The van der Waals surface area contributed by atoms with Crippen molar-refractivity contribution in [1.29, 1.82) is 0 Å². The highest BCUT2D eigenvalue weighted by molar-refractivity contribution is 6.38. The second-order valence-electron chi connectivity index (χ2n) is 9.57. The maximum Gasteiger partial charge on any atom is 0.328 e. The number of Topliss-reactive ketones (excluding diaryl/α,β-unsaturated/α-hetero) is 1. The molecule has 0 N–H and O–H groups in total. The van der Waals surface area contributed by atoms with E-state index >= 15 is 0 Å². The zero-order valence-corrected chi connectivity index (χ0v) is 19.2. The predicted octanol–water partition coefficient (Wildman–Crippen LogP) is 4.78. The standard InChI is InChI=1S/C26H37NO4/c1-20-12-14-21(15-13-20)10-5-9-19-31-25(30)22-11-4-8-18-27(22)24(29)23(28)26(2)16-6-3-7-17-26/h12-15,22H,3-11,16-19H2,1-2H3. The molecule has 3 rings (SSSR count). The van der Waals surface area contributed by atoms with Gasteiger partial charge >= 0.3 is 5.97 Å². The molecule has 0 bridgehead atoms.